The Morgan fingerprint density at radius 3 is 2.65 bits per heavy atom. The van der Waals surface area contributed by atoms with Crippen LogP contribution in [-0.2, 0) is 0 Å². The Bertz CT molecular complexity index is 1100. The van der Waals surface area contributed by atoms with Crippen molar-refractivity contribution in [3.05, 3.63) is 46.6 Å². The number of amides is 2. The minimum Gasteiger partial charge on any atom is -0.390 e. The molecule has 1 aromatic carbocycles. The Balaban J connectivity index is 1.37. The van der Waals surface area contributed by atoms with E-state index in [1.807, 2.05) is 24.0 Å². The first-order valence-electron chi connectivity index (χ1n) is 10.0. The molecule has 31 heavy (non-hydrogen) atoms. The van der Waals surface area contributed by atoms with E-state index in [-0.39, 0.29) is 6.03 Å². The van der Waals surface area contributed by atoms with Gasteiger partial charge in [-0.2, -0.15) is 0 Å². The van der Waals surface area contributed by atoms with Gasteiger partial charge >= 0.3 is 6.03 Å². The fraction of sp³-hybridized carbons (Fsp3) is 0.381. The first-order valence-corrected chi connectivity index (χ1v) is 11.2. The molecule has 2 atom stereocenters. The number of hydrogen-bond donors (Lipinski definition) is 3. The molecule has 1 fully saturated rings. The van der Waals surface area contributed by atoms with Crippen LogP contribution in [0, 0.1) is 6.92 Å². The first kappa shape index (κ1) is 21.8. The number of fused-ring (bicyclic) bond motifs is 1. The number of aliphatic hydroxyl groups is 2. The number of benzene rings is 1. The van der Waals surface area contributed by atoms with E-state index in [4.69, 9.17) is 11.6 Å². The van der Waals surface area contributed by atoms with Crippen molar-refractivity contribution in [1.82, 2.24) is 14.9 Å². The Morgan fingerprint density at radius 2 is 1.97 bits per heavy atom. The van der Waals surface area contributed by atoms with Gasteiger partial charge in [-0.3, -0.25) is 5.32 Å². The predicted octanol–water partition coefficient (Wildman–Crippen LogP) is 3.42. The minimum atomic E-state index is -1.04. The monoisotopic (exact) mass is 461 g/mol. The minimum absolute atomic E-state index is 0.176. The third-order valence-electron chi connectivity index (χ3n) is 5.27. The van der Waals surface area contributed by atoms with Crippen LogP contribution in [-0.4, -0.2) is 63.4 Å². The van der Waals surface area contributed by atoms with Crippen LogP contribution >= 0.6 is 22.9 Å². The van der Waals surface area contributed by atoms with E-state index in [2.05, 4.69) is 21.4 Å². The topological polar surface area (TPSA) is 102 Å². The van der Waals surface area contributed by atoms with Crippen molar-refractivity contribution in [2.45, 2.75) is 26.1 Å². The van der Waals surface area contributed by atoms with E-state index in [9.17, 15) is 15.0 Å². The van der Waals surface area contributed by atoms with Gasteiger partial charge in [0.1, 0.15) is 11.9 Å². The molecule has 1 aliphatic rings. The number of carbonyl (C=O) groups excluding carboxylic acids is 1. The second-order valence-corrected chi connectivity index (χ2v) is 9.09. The molecule has 8 nitrogen and oxygen atoms in total. The highest BCUT2D eigenvalue weighted by Crippen LogP contribution is 2.29. The van der Waals surface area contributed by atoms with Crippen molar-refractivity contribution in [3.63, 3.8) is 0 Å². The highest BCUT2D eigenvalue weighted by molar-refractivity contribution is 7.22. The average Bonchev–Trinajstić information content (AvgIpc) is 3.14. The maximum atomic E-state index is 12.7. The molecular weight excluding hydrogens is 438 g/mol. The zero-order valence-electron chi connectivity index (χ0n) is 17.2. The summed E-state index contributed by atoms with van der Waals surface area (Å²) in [5, 5.41) is 23.4. The fourth-order valence-electron chi connectivity index (χ4n) is 3.50. The number of piperazine rings is 1. The number of halogens is 1. The Morgan fingerprint density at radius 1 is 1.23 bits per heavy atom. The molecule has 0 saturated carbocycles. The highest BCUT2D eigenvalue weighted by atomic mass is 35.5. The lowest BCUT2D eigenvalue weighted by atomic mass is 10.1. The molecule has 0 spiro atoms. The number of thiazole rings is 1. The molecule has 0 radical (unpaired) electrons. The first-order chi connectivity index (χ1) is 14.8. The van der Waals surface area contributed by atoms with Crippen LogP contribution in [0.4, 0.5) is 15.7 Å². The van der Waals surface area contributed by atoms with Crippen LogP contribution in [0.15, 0.2) is 30.5 Å². The van der Waals surface area contributed by atoms with E-state index >= 15 is 0 Å². The smallest absolute Gasteiger partial charge is 0.323 e. The van der Waals surface area contributed by atoms with Crippen LogP contribution in [0.5, 0.6) is 0 Å². The van der Waals surface area contributed by atoms with Gasteiger partial charge in [-0.15, -0.1) is 0 Å². The van der Waals surface area contributed by atoms with Gasteiger partial charge in [0, 0.05) is 37.9 Å². The van der Waals surface area contributed by atoms with Crippen LogP contribution in [0.3, 0.4) is 0 Å². The molecule has 0 aliphatic carbocycles. The van der Waals surface area contributed by atoms with Crippen molar-refractivity contribution >= 4 is 50.1 Å². The molecular formula is C21H24ClN5O3S. The summed E-state index contributed by atoms with van der Waals surface area (Å²) in [4.78, 5) is 25.3. The Labute approximate surface area is 189 Å². The summed E-state index contributed by atoms with van der Waals surface area (Å²) in [6.07, 6.45) is -0.428. The molecule has 2 aromatic heterocycles. The van der Waals surface area contributed by atoms with E-state index in [0.717, 1.165) is 15.8 Å². The lowest BCUT2D eigenvalue weighted by Gasteiger charge is -2.35. The molecule has 2 amide bonds. The van der Waals surface area contributed by atoms with Crippen molar-refractivity contribution in [2.24, 2.45) is 0 Å². The number of anilines is 2. The number of nitrogens with zero attached hydrogens (tertiary/aromatic N) is 4. The summed E-state index contributed by atoms with van der Waals surface area (Å²) in [6.45, 7) is 5.74. The molecule has 3 aromatic rings. The molecule has 3 N–H and O–H groups in total. The third kappa shape index (κ3) is 4.74. The molecule has 0 unspecified atom stereocenters. The van der Waals surface area contributed by atoms with Crippen molar-refractivity contribution in [1.29, 1.82) is 0 Å². The number of rotatable bonds is 4. The van der Waals surface area contributed by atoms with Gasteiger partial charge in [-0.05, 0) is 37.6 Å². The highest BCUT2D eigenvalue weighted by Gasteiger charge is 2.25. The van der Waals surface area contributed by atoms with E-state index in [1.54, 1.807) is 11.0 Å². The van der Waals surface area contributed by atoms with Crippen LogP contribution < -0.4 is 10.2 Å². The van der Waals surface area contributed by atoms with E-state index in [1.165, 1.54) is 24.5 Å². The van der Waals surface area contributed by atoms with Crippen LogP contribution in [0.2, 0.25) is 5.02 Å². The standard InChI is InChI=1S/C21H24ClN5O3S/c1-12-3-4-16-17(9-12)31-20(24-16)25-21(30)27-7-5-26(6-8-27)19-15(22)10-14(11-23-19)18(29)13(2)28/h3-4,9-11,13,18,28-29H,5-8H2,1-2H3,(H,24,25,30)/t13-,18+/m0/s1. The maximum Gasteiger partial charge on any atom is 0.323 e. The number of carbonyl (C=O) groups is 1. The normalized spacial score (nSPS) is 16.4. The lowest BCUT2D eigenvalue weighted by molar-refractivity contribution is 0.0303. The Hall–Kier alpha value is -2.46. The number of aromatic nitrogens is 2. The van der Waals surface area contributed by atoms with Gasteiger partial charge in [0.2, 0.25) is 0 Å². The molecule has 164 valence electrons. The fourth-order valence-corrected chi connectivity index (χ4v) is 4.74. The van der Waals surface area contributed by atoms with Gasteiger partial charge in [-0.1, -0.05) is 29.0 Å². The summed E-state index contributed by atoms with van der Waals surface area (Å²) in [5.41, 5.74) is 2.50. The van der Waals surface area contributed by atoms with Gasteiger partial charge in [0.25, 0.3) is 0 Å². The molecule has 3 heterocycles. The number of aliphatic hydroxyl groups excluding tert-OH is 2. The van der Waals surface area contributed by atoms with Crippen molar-refractivity contribution < 1.29 is 15.0 Å². The summed E-state index contributed by atoms with van der Waals surface area (Å²) in [5.74, 6) is 0.602. The average molecular weight is 462 g/mol. The van der Waals surface area contributed by atoms with Crippen molar-refractivity contribution in [2.75, 3.05) is 36.4 Å². The number of urea groups is 1. The summed E-state index contributed by atoms with van der Waals surface area (Å²) < 4.78 is 1.05. The van der Waals surface area contributed by atoms with Crippen LogP contribution in [0.1, 0.15) is 24.2 Å². The number of aryl methyl sites for hydroxylation is 1. The molecule has 1 saturated heterocycles. The van der Waals surface area contributed by atoms with Gasteiger partial charge in [0.15, 0.2) is 5.13 Å². The number of pyridine rings is 1. The van der Waals surface area contributed by atoms with Crippen molar-refractivity contribution in [3.8, 4) is 0 Å². The number of nitrogens with one attached hydrogen (secondary N) is 1. The number of hydrogen-bond acceptors (Lipinski definition) is 7. The second-order valence-electron chi connectivity index (χ2n) is 7.65. The quantitative estimate of drug-likeness (QED) is 0.550. The maximum absolute atomic E-state index is 12.7. The largest absolute Gasteiger partial charge is 0.390 e. The summed E-state index contributed by atoms with van der Waals surface area (Å²) >= 11 is 7.83. The SMILES string of the molecule is Cc1ccc2nc(NC(=O)N3CCN(c4ncc([C@H](O)[C@H](C)O)cc4Cl)CC3)sc2c1. The van der Waals surface area contributed by atoms with Crippen LogP contribution in [0.25, 0.3) is 10.2 Å². The second kappa shape index (κ2) is 8.96. The zero-order chi connectivity index (χ0) is 22.1. The molecule has 4 rings (SSSR count). The molecule has 10 heteroatoms. The van der Waals surface area contributed by atoms with Gasteiger partial charge in [-0.25, -0.2) is 14.8 Å². The predicted molar refractivity (Wildman–Crippen MR) is 123 cm³/mol. The zero-order valence-corrected chi connectivity index (χ0v) is 18.8. The van der Waals surface area contributed by atoms with E-state index < -0.39 is 12.2 Å². The summed E-state index contributed by atoms with van der Waals surface area (Å²) in [6, 6.07) is 7.46. The lowest BCUT2D eigenvalue weighted by Crippen LogP contribution is -2.50. The molecule has 0 bridgehead atoms. The third-order valence-corrected chi connectivity index (χ3v) is 6.48. The summed E-state index contributed by atoms with van der Waals surface area (Å²) in [7, 11) is 0. The van der Waals surface area contributed by atoms with E-state index in [0.29, 0.717) is 47.7 Å². The van der Waals surface area contributed by atoms with Gasteiger partial charge < -0.3 is 20.0 Å². The van der Waals surface area contributed by atoms with Gasteiger partial charge in [0.05, 0.1) is 21.3 Å². The Kier molecular flexibility index (Phi) is 6.29. The molecule has 1 aliphatic heterocycles.